The maximum Gasteiger partial charge on any atom is 0.195 e. The summed E-state index contributed by atoms with van der Waals surface area (Å²) >= 11 is 0. The van der Waals surface area contributed by atoms with Gasteiger partial charge in [-0.15, -0.1) is 0 Å². The van der Waals surface area contributed by atoms with Gasteiger partial charge < -0.3 is 15.1 Å². The first kappa shape index (κ1) is 15.1. The van der Waals surface area contributed by atoms with Crippen LogP contribution in [0.2, 0.25) is 0 Å². The van der Waals surface area contributed by atoms with Crippen LogP contribution in [0, 0.1) is 11.3 Å². The molecule has 2 N–H and O–H groups in total. The van der Waals surface area contributed by atoms with E-state index in [9.17, 15) is 5.26 Å². The number of H-pyrrole nitrogens is 1. The van der Waals surface area contributed by atoms with Crippen LogP contribution < -0.4 is 5.32 Å². The maximum absolute atomic E-state index is 9.39. The number of aromatic amines is 1. The van der Waals surface area contributed by atoms with E-state index in [0.29, 0.717) is 17.2 Å². The van der Waals surface area contributed by atoms with Gasteiger partial charge in [-0.1, -0.05) is 18.2 Å². The van der Waals surface area contributed by atoms with Crippen LogP contribution in [0.4, 0.5) is 17.3 Å². The molecule has 0 saturated carbocycles. The Hall–Kier alpha value is -2.85. The molecule has 2 aromatic rings. The smallest absolute Gasteiger partial charge is 0.195 e. The van der Waals surface area contributed by atoms with Gasteiger partial charge in [-0.25, -0.2) is 4.99 Å². The first-order chi connectivity index (χ1) is 11.3. The molecule has 1 aromatic heterocycles. The largest absolute Gasteiger partial charge is 0.360 e. The van der Waals surface area contributed by atoms with E-state index < -0.39 is 0 Å². The molecule has 1 aliphatic heterocycles. The van der Waals surface area contributed by atoms with Crippen LogP contribution >= 0.6 is 0 Å². The molecule has 1 aliphatic rings. The van der Waals surface area contributed by atoms with Gasteiger partial charge in [0.1, 0.15) is 17.5 Å². The number of para-hydroxylation sites is 1. The Morgan fingerprint density at radius 2 is 2.00 bits per heavy atom. The first-order valence-corrected chi connectivity index (χ1v) is 7.53. The van der Waals surface area contributed by atoms with Crippen molar-refractivity contribution in [2.75, 3.05) is 38.5 Å². The van der Waals surface area contributed by atoms with Crippen molar-refractivity contribution in [2.24, 2.45) is 4.99 Å². The Labute approximate surface area is 135 Å². The second-order valence-electron chi connectivity index (χ2n) is 5.48. The highest BCUT2D eigenvalue weighted by Crippen LogP contribution is 2.25. The fraction of sp³-hybridized carbons (Fsp3) is 0.312. The number of piperazine rings is 1. The molecule has 0 atom stereocenters. The van der Waals surface area contributed by atoms with Gasteiger partial charge in [0, 0.05) is 31.9 Å². The summed E-state index contributed by atoms with van der Waals surface area (Å²) < 4.78 is 0. The molecular weight excluding hydrogens is 290 g/mol. The molecule has 2 heterocycles. The Morgan fingerprint density at radius 1 is 1.26 bits per heavy atom. The third-order valence-corrected chi connectivity index (χ3v) is 3.78. The fourth-order valence-corrected chi connectivity index (χ4v) is 2.36. The lowest BCUT2D eigenvalue weighted by atomic mass is 10.3. The summed E-state index contributed by atoms with van der Waals surface area (Å²) in [6, 6.07) is 11.8. The molecule has 1 aromatic carbocycles. The van der Waals surface area contributed by atoms with Crippen LogP contribution in [0.5, 0.6) is 0 Å². The van der Waals surface area contributed by atoms with Gasteiger partial charge in [0.2, 0.25) is 0 Å². The molecule has 0 bridgehead atoms. The number of likely N-dealkylation sites (N-methyl/N-ethyl adjacent to an activating group) is 1. The van der Waals surface area contributed by atoms with Crippen molar-refractivity contribution in [3.05, 3.63) is 35.9 Å². The van der Waals surface area contributed by atoms with Crippen molar-refractivity contribution in [3.63, 3.8) is 0 Å². The zero-order valence-electron chi connectivity index (χ0n) is 13.0. The van der Waals surface area contributed by atoms with Crippen LogP contribution in [0.1, 0.15) is 5.56 Å². The van der Waals surface area contributed by atoms with Crippen LogP contribution in [0.3, 0.4) is 0 Å². The molecular formula is C16H19N7. The van der Waals surface area contributed by atoms with Gasteiger partial charge in [0.25, 0.3) is 0 Å². The highest BCUT2D eigenvalue weighted by atomic mass is 15.3. The summed E-state index contributed by atoms with van der Waals surface area (Å²) in [5.41, 5.74) is 1.31. The Bertz CT molecular complexity index is 706. The number of nitriles is 1. The summed E-state index contributed by atoms with van der Waals surface area (Å²) in [6.07, 6.45) is 1.77. The Balaban J connectivity index is 1.72. The molecule has 0 spiro atoms. The van der Waals surface area contributed by atoms with E-state index in [1.54, 1.807) is 6.34 Å². The molecule has 0 unspecified atom stereocenters. The predicted molar refractivity (Wildman–Crippen MR) is 90.2 cm³/mol. The van der Waals surface area contributed by atoms with Crippen molar-refractivity contribution in [3.8, 4) is 6.07 Å². The lowest BCUT2D eigenvalue weighted by Gasteiger charge is -2.30. The second-order valence-corrected chi connectivity index (χ2v) is 5.48. The van der Waals surface area contributed by atoms with E-state index in [2.05, 4.69) is 43.4 Å². The number of nitrogens with zero attached hydrogens (tertiary/aromatic N) is 5. The number of hydrogen-bond acceptors (Lipinski definition) is 5. The van der Waals surface area contributed by atoms with E-state index in [1.165, 1.54) is 0 Å². The van der Waals surface area contributed by atoms with E-state index in [1.807, 2.05) is 30.3 Å². The molecule has 0 amide bonds. The van der Waals surface area contributed by atoms with Crippen molar-refractivity contribution in [2.45, 2.75) is 0 Å². The quantitative estimate of drug-likeness (QED) is 0.666. The second kappa shape index (κ2) is 6.94. The summed E-state index contributed by atoms with van der Waals surface area (Å²) in [5.74, 6) is 0.967. The van der Waals surface area contributed by atoms with E-state index >= 15 is 0 Å². The van der Waals surface area contributed by atoms with Crippen LogP contribution in [0.25, 0.3) is 0 Å². The van der Waals surface area contributed by atoms with E-state index in [-0.39, 0.29) is 0 Å². The molecule has 3 rings (SSSR count). The maximum atomic E-state index is 9.39. The fourth-order valence-electron chi connectivity index (χ4n) is 2.36. The van der Waals surface area contributed by atoms with Gasteiger partial charge in [0.05, 0.1) is 6.34 Å². The first-order valence-electron chi connectivity index (χ1n) is 7.53. The van der Waals surface area contributed by atoms with Crippen LogP contribution in [-0.4, -0.2) is 59.6 Å². The normalized spacial score (nSPS) is 15.7. The average Bonchev–Trinajstić information content (AvgIpc) is 2.97. The topological polar surface area (TPSA) is 83.3 Å². The summed E-state index contributed by atoms with van der Waals surface area (Å²) in [4.78, 5) is 8.78. The number of anilines is 2. The summed E-state index contributed by atoms with van der Waals surface area (Å²) in [5, 5.41) is 19.5. The number of hydrogen-bond donors (Lipinski definition) is 2. The predicted octanol–water partition coefficient (Wildman–Crippen LogP) is 1.93. The van der Waals surface area contributed by atoms with Crippen molar-refractivity contribution in [1.82, 2.24) is 20.0 Å². The van der Waals surface area contributed by atoms with Gasteiger partial charge in [0.15, 0.2) is 5.82 Å². The molecule has 1 saturated heterocycles. The number of aliphatic imine (C=N–C) groups is 1. The highest BCUT2D eigenvalue weighted by Gasteiger charge is 2.14. The minimum absolute atomic E-state index is 0.407. The third-order valence-electron chi connectivity index (χ3n) is 3.78. The van der Waals surface area contributed by atoms with E-state index in [0.717, 1.165) is 31.9 Å². The zero-order valence-corrected chi connectivity index (χ0v) is 13.0. The summed E-state index contributed by atoms with van der Waals surface area (Å²) in [6.45, 7) is 3.89. The third kappa shape index (κ3) is 3.67. The molecule has 7 nitrogen and oxygen atoms in total. The standard InChI is InChI=1S/C16H19N7/c1-22-7-9-23(10-8-22)12-18-15-14(11-17)16(21-20-15)19-13-5-3-2-4-6-13/h2-6,12H,7-10H2,1H3,(H2,19,20,21). The minimum Gasteiger partial charge on any atom is -0.360 e. The number of nitrogens with one attached hydrogen (secondary N) is 2. The van der Waals surface area contributed by atoms with Gasteiger partial charge in [-0.05, 0) is 19.2 Å². The molecule has 0 radical (unpaired) electrons. The molecule has 1 fully saturated rings. The number of rotatable bonds is 4. The zero-order chi connectivity index (χ0) is 16.1. The highest BCUT2D eigenvalue weighted by molar-refractivity contribution is 5.71. The van der Waals surface area contributed by atoms with Crippen LogP contribution in [0.15, 0.2) is 35.3 Å². The summed E-state index contributed by atoms with van der Waals surface area (Å²) in [7, 11) is 2.11. The Kier molecular flexibility index (Phi) is 4.54. The van der Waals surface area contributed by atoms with Crippen LogP contribution in [-0.2, 0) is 0 Å². The molecule has 23 heavy (non-hydrogen) atoms. The number of aromatic nitrogens is 2. The monoisotopic (exact) mass is 309 g/mol. The van der Waals surface area contributed by atoms with Crippen molar-refractivity contribution < 1.29 is 0 Å². The molecule has 7 heteroatoms. The van der Waals surface area contributed by atoms with Gasteiger partial charge >= 0.3 is 0 Å². The van der Waals surface area contributed by atoms with Crippen molar-refractivity contribution >= 4 is 23.7 Å². The lowest BCUT2D eigenvalue weighted by molar-refractivity contribution is 0.219. The SMILES string of the molecule is CN1CCN(C=Nc2n[nH]c(Nc3ccccc3)c2C#N)CC1. The van der Waals surface area contributed by atoms with Gasteiger partial charge in [-0.3, -0.25) is 5.10 Å². The number of benzene rings is 1. The lowest BCUT2D eigenvalue weighted by Crippen LogP contribution is -2.43. The van der Waals surface area contributed by atoms with E-state index in [4.69, 9.17) is 0 Å². The Morgan fingerprint density at radius 3 is 2.70 bits per heavy atom. The molecule has 0 aliphatic carbocycles. The minimum atomic E-state index is 0.407. The van der Waals surface area contributed by atoms with Gasteiger partial charge in [-0.2, -0.15) is 10.4 Å². The molecule has 118 valence electrons. The average molecular weight is 309 g/mol. The van der Waals surface area contributed by atoms with Crippen molar-refractivity contribution in [1.29, 1.82) is 5.26 Å².